The minimum atomic E-state index is -0.619. The zero-order valence-electron chi connectivity index (χ0n) is 19.7. The number of nitro benzene ring substituents is 1. The van der Waals surface area contributed by atoms with Crippen LogP contribution in [-0.2, 0) is 16.2 Å². The molecule has 1 aliphatic heterocycles. The number of carbonyl (C=O) groups is 2. The molecule has 1 N–H and O–H groups in total. The van der Waals surface area contributed by atoms with Crippen LogP contribution >= 0.6 is 0 Å². The summed E-state index contributed by atoms with van der Waals surface area (Å²) in [5.41, 5.74) is 3.59. The fourth-order valence-electron chi connectivity index (χ4n) is 4.18. The largest absolute Gasteiger partial charge is 0.493 e. The Morgan fingerprint density at radius 1 is 0.973 bits per heavy atom. The molecule has 4 aromatic rings. The van der Waals surface area contributed by atoms with Crippen LogP contribution in [0.1, 0.15) is 11.1 Å². The van der Waals surface area contributed by atoms with E-state index in [9.17, 15) is 19.7 Å². The van der Waals surface area contributed by atoms with Crippen molar-refractivity contribution < 1.29 is 24.0 Å². The zero-order chi connectivity index (χ0) is 25.9. The molecule has 0 saturated carbocycles. The molecule has 37 heavy (non-hydrogen) atoms. The van der Waals surface area contributed by atoms with Gasteiger partial charge in [-0.2, -0.15) is 0 Å². The number of benzene rings is 4. The Morgan fingerprint density at radius 2 is 1.70 bits per heavy atom. The lowest BCUT2D eigenvalue weighted by molar-refractivity contribution is -0.386. The molecule has 0 radical (unpaired) electrons. The average molecular weight is 495 g/mol. The number of nitrogens with zero attached hydrogens (tertiary/aromatic N) is 2. The van der Waals surface area contributed by atoms with Gasteiger partial charge in [0.25, 0.3) is 11.8 Å². The SMILES string of the molecule is COc1cc(/C=C2/C(=O)NN(c3ccccc3)C2=O)cc([N+](=O)[O-])c1OCc1cccc2ccccc12. The summed E-state index contributed by atoms with van der Waals surface area (Å²) in [5.74, 6) is -1.14. The van der Waals surface area contributed by atoms with Crippen molar-refractivity contribution >= 4 is 40.0 Å². The number of hydrogen-bond acceptors (Lipinski definition) is 6. The Morgan fingerprint density at radius 3 is 2.46 bits per heavy atom. The molecule has 0 bridgehead atoms. The average Bonchev–Trinajstić information content (AvgIpc) is 3.20. The van der Waals surface area contributed by atoms with Crippen LogP contribution in [0.4, 0.5) is 11.4 Å². The smallest absolute Gasteiger partial charge is 0.315 e. The van der Waals surface area contributed by atoms with Gasteiger partial charge < -0.3 is 9.47 Å². The summed E-state index contributed by atoms with van der Waals surface area (Å²) in [5, 5.41) is 15.1. The molecule has 0 unspecified atom stereocenters. The van der Waals surface area contributed by atoms with Gasteiger partial charge in [-0.05, 0) is 46.2 Å². The molecule has 5 rings (SSSR count). The molecule has 4 aromatic carbocycles. The summed E-state index contributed by atoms with van der Waals surface area (Å²) in [6.07, 6.45) is 1.30. The van der Waals surface area contributed by atoms with Crippen molar-refractivity contribution in [3.63, 3.8) is 0 Å². The van der Waals surface area contributed by atoms with Crippen LogP contribution < -0.4 is 19.9 Å². The first-order valence-corrected chi connectivity index (χ1v) is 11.3. The van der Waals surface area contributed by atoms with Crippen molar-refractivity contribution in [2.75, 3.05) is 12.1 Å². The van der Waals surface area contributed by atoms with Gasteiger partial charge in [-0.1, -0.05) is 60.7 Å². The van der Waals surface area contributed by atoms with Crippen molar-refractivity contribution in [1.29, 1.82) is 0 Å². The summed E-state index contributed by atoms with van der Waals surface area (Å²) in [6.45, 7) is 0.0753. The van der Waals surface area contributed by atoms with E-state index in [0.29, 0.717) is 5.69 Å². The molecule has 0 aliphatic carbocycles. The lowest BCUT2D eigenvalue weighted by atomic mass is 10.1. The molecule has 9 heteroatoms. The van der Waals surface area contributed by atoms with Gasteiger partial charge in [-0.25, -0.2) is 5.01 Å². The Balaban J connectivity index is 1.48. The van der Waals surface area contributed by atoms with E-state index in [1.165, 1.54) is 25.3 Å². The van der Waals surface area contributed by atoms with Crippen LogP contribution in [-0.4, -0.2) is 23.8 Å². The molecule has 9 nitrogen and oxygen atoms in total. The molecule has 2 amide bonds. The number of para-hydroxylation sites is 1. The number of fused-ring (bicyclic) bond motifs is 1. The van der Waals surface area contributed by atoms with Gasteiger partial charge in [-0.3, -0.25) is 25.1 Å². The number of rotatable bonds is 7. The monoisotopic (exact) mass is 495 g/mol. The third-order valence-corrected chi connectivity index (χ3v) is 5.94. The number of carbonyl (C=O) groups excluding carboxylic acids is 2. The maximum atomic E-state index is 12.9. The van der Waals surface area contributed by atoms with Gasteiger partial charge in [0, 0.05) is 6.07 Å². The zero-order valence-corrected chi connectivity index (χ0v) is 19.7. The number of hydrazine groups is 1. The first kappa shape index (κ1) is 23.6. The first-order valence-electron chi connectivity index (χ1n) is 11.3. The summed E-state index contributed by atoms with van der Waals surface area (Å²) < 4.78 is 11.3. The summed E-state index contributed by atoms with van der Waals surface area (Å²) in [7, 11) is 1.37. The minimum Gasteiger partial charge on any atom is -0.493 e. The summed E-state index contributed by atoms with van der Waals surface area (Å²) >= 11 is 0. The molecular formula is C28H21N3O6. The number of amides is 2. The van der Waals surface area contributed by atoms with E-state index < -0.39 is 16.7 Å². The van der Waals surface area contributed by atoms with Crippen molar-refractivity contribution in [2.24, 2.45) is 0 Å². The van der Waals surface area contributed by atoms with Crippen LogP contribution in [0.3, 0.4) is 0 Å². The lowest BCUT2D eigenvalue weighted by Gasteiger charge is -2.14. The predicted molar refractivity (Wildman–Crippen MR) is 138 cm³/mol. The molecule has 1 heterocycles. The Kier molecular flexibility index (Phi) is 6.25. The number of anilines is 1. The van der Waals surface area contributed by atoms with Gasteiger partial charge >= 0.3 is 5.69 Å². The van der Waals surface area contributed by atoms with E-state index in [1.807, 2.05) is 42.5 Å². The third kappa shape index (κ3) is 4.57. The standard InChI is InChI=1S/C28H21N3O6/c1-36-25-16-18(14-23-27(32)29-30(28(23)33)21-11-3-2-4-12-21)15-24(31(34)35)26(25)37-17-20-10-7-9-19-8-5-6-13-22(19)20/h2-16H,17H2,1H3,(H,29,32)/b23-14-. The van der Waals surface area contributed by atoms with E-state index in [2.05, 4.69) is 5.43 Å². The van der Waals surface area contributed by atoms with Crippen LogP contribution in [0, 0.1) is 10.1 Å². The highest BCUT2D eigenvalue weighted by molar-refractivity contribution is 6.31. The van der Waals surface area contributed by atoms with Crippen LogP contribution in [0.15, 0.2) is 90.5 Å². The van der Waals surface area contributed by atoms with Crippen molar-refractivity contribution in [1.82, 2.24) is 5.43 Å². The molecular weight excluding hydrogens is 474 g/mol. The molecule has 0 spiro atoms. The molecule has 0 atom stereocenters. The van der Waals surface area contributed by atoms with E-state index in [0.717, 1.165) is 21.3 Å². The predicted octanol–water partition coefficient (Wildman–Crippen LogP) is 4.80. The Hall–Kier alpha value is -5.18. The first-order chi connectivity index (χ1) is 18.0. The van der Waals surface area contributed by atoms with E-state index >= 15 is 0 Å². The third-order valence-electron chi connectivity index (χ3n) is 5.94. The quantitative estimate of drug-likeness (QED) is 0.171. The van der Waals surface area contributed by atoms with Gasteiger partial charge in [0.1, 0.15) is 12.2 Å². The normalized spacial score (nSPS) is 14.2. The van der Waals surface area contributed by atoms with Crippen molar-refractivity contribution in [2.45, 2.75) is 6.61 Å². The summed E-state index contributed by atoms with van der Waals surface area (Å²) in [4.78, 5) is 36.8. The molecule has 1 fully saturated rings. The number of hydrogen-bond donors (Lipinski definition) is 1. The lowest BCUT2D eigenvalue weighted by Crippen LogP contribution is -2.35. The fourth-order valence-corrected chi connectivity index (χ4v) is 4.18. The maximum Gasteiger partial charge on any atom is 0.315 e. The second-order valence-electron chi connectivity index (χ2n) is 8.23. The molecule has 184 valence electrons. The fraction of sp³-hybridized carbons (Fsp3) is 0.0714. The Labute approximate surface area is 211 Å². The number of nitro groups is 1. The van der Waals surface area contributed by atoms with Crippen LogP contribution in [0.25, 0.3) is 16.8 Å². The number of ether oxygens (including phenoxy) is 2. The van der Waals surface area contributed by atoms with Gasteiger partial charge in [0.2, 0.25) is 5.75 Å². The van der Waals surface area contributed by atoms with Gasteiger partial charge in [-0.15, -0.1) is 0 Å². The van der Waals surface area contributed by atoms with E-state index in [-0.39, 0.29) is 34.9 Å². The summed E-state index contributed by atoms with van der Waals surface area (Å²) in [6, 6.07) is 24.9. The highest BCUT2D eigenvalue weighted by Gasteiger charge is 2.34. The van der Waals surface area contributed by atoms with Gasteiger partial charge in [0.15, 0.2) is 5.75 Å². The highest BCUT2D eigenvalue weighted by Crippen LogP contribution is 2.40. The van der Waals surface area contributed by atoms with Crippen molar-refractivity contribution in [3.8, 4) is 11.5 Å². The molecule has 0 aromatic heterocycles. The van der Waals surface area contributed by atoms with Crippen LogP contribution in [0.5, 0.6) is 11.5 Å². The Bertz CT molecular complexity index is 1560. The van der Waals surface area contributed by atoms with Crippen LogP contribution in [0.2, 0.25) is 0 Å². The van der Waals surface area contributed by atoms with E-state index in [4.69, 9.17) is 9.47 Å². The number of nitrogens with one attached hydrogen (secondary N) is 1. The highest BCUT2D eigenvalue weighted by atomic mass is 16.6. The van der Waals surface area contributed by atoms with E-state index in [1.54, 1.807) is 30.3 Å². The molecule has 1 aliphatic rings. The number of methoxy groups -OCH3 is 1. The second-order valence-corrected chi connectivity index (χ2v) is 8.23. The second kappa shape index (κ2) is 9.82. The maximum absolute atomic E-state index is 12.9. The topological polar surface area (TPSA) is 111 Å². The van der Waals surface area contributed by atoms with Crippen molar-refractivity contribution in [3.05, 3.63) is 112 Å². The van der Waals surface area contributed by atoms with Gasteiger partial charge in [0.05, 0.1) is 17.7 Å². The molecule has 1 saturated heterocycles. The minimum absolute atomic E-state index is 0.0457.